The molecule has 1 heterocycles. The molecular weight excluding hydrogens is 264 g/mol. The molecule has 1 aromatic rings. The van der Waals surface area contributed by atoms with E-state index in [-0.39, 0.29) is 18.6 Å². The summed E-state index contributed by atoms with van der Waals surface area (Å²) in [5.41, 5.74) is 1.21. The molecule has 1 atom stereocenters. The molecule has 0 radical (unpaired) electrons. The lowest BCUT2D eigenvalue weighted by molar-refractivity contribution is 0.0931. The average Bonchev–Trinajstić information content (AvgIpc) is 2.98. The van der Waals surface area contributed by atoms with Gasteiger partial charge in [-0.3, -0.25) is 4.79 Å². The molecule has 2 rings (SSSR count). The fourth-order valence-electron chi connectivity index (χ4n) is 2.62. The molecule has 1 aliphatic heterocycles. The number of aliphatic hydroxyl groups is 1. The molecule has 4 nitrogen and oxygen atoms in total. The fourth-order valence-corrected chi connectivity index (χ4v) is 2.62. The summed E-state index contributed by atoms with van der Waals surface area (Å²) in [6.07, 6.45) is 2.50. The van der Waals surface area contributed by atoms with E-state index < -0.39 is 0 Å². The van der Waals surface area contributed by atoms with Crippen LogP contribution in [0.25, 0.3) is 0 Å². The van der Waals surface area contributed by atoms with Crippen molar-refractivity contribution in [2.45, 2.75) is 25.8 Å². The molecule has 0 spiro atoms. The van der Waals surface area contributed by atoms with E-state index in [1.807, 2.05) is 19.1 Å². The Morgan fingerprint density at radius 2 is 2.10 bits per heavy atom. The van der Waals surface area contributed by atoms with Crippen molar-refractivity contribution in [3.05, 3.63) is 35.4 Å². The molecule has 21 heavy (non-hydrogen) atoms. The lowest BCUT2D eigenvalue weighted by Gasteiger charge is -2.21. The molecule has 1 aliphatic rings. The summed E-state index contributed by atoms with van der Waals surface area (Å²) in [5, 5.41) is 11.8. The Balaban J connectivity index is 1.99. The average molecular weight is 286 g/mol. The van der Waals surface area contributed by atoms with Crippen molar-refractivity contribution in [2.24, 2.45) is 0 Å². The van der Waals surface area contributed by atoms with Crippen molar-refractivity contribution < 1.29 is 9.90 Å². The first kappa shape index (κ1) is 15.6. The number of rotatable bonds is 4. The van der Waals surface area contributed by atoms with Crippen molar-refractivity contribution in [3.8, 4) is 11.8 Å². The Morgan fingerprint density at radius 3 is 2.81 bits per heavy atom. The zero-order chi connectivity index (χ0) is 15.1. The van der Waals surface area contributed by atoms with Gasteiger partial charge in [-0.1, -0.05) is 24.0 Å². The van der Waals surface area contributed by atoms with Gasteiger partial charge >= 0.3 is 0 Å². The smallest absolute Gasteiger partial charge is 0.252 e. The van der Waals surface area contributed by atoms with Crippen LogP contribution in [-0.2, 0) is 0 Å². The molecule has 0 aromatic heterocycles. The van der Waals surface area contributed by atoms with E-state index in [9.17, 15) is 4.79 Å². The van der Waals surface area contributed by atoms with Crippen molar-refractivity contribution >= 4 is 5.91 Å². The fraction of sp³-hybridized carbons (Fsp3) is 0.471. The maximum absolute atomic E-state index is 12.4. The van der Waals surface area contributed by atoms with Crippen LogP contribution in [0.5, 0.6) is 0 Å². The topological polar surface area (TPSA) is 52.6 Å². The minimum absolute atomic E-state index is 0.106. The van der Waals surface area contributed by atoms with Gasteiger partial charge in [0.2, 0.25) is 0 Å². The predicted octanol–water partition coefficient (Wildman–Crippen LogP) is 1.24. The summed E-state index contributed by atoms with van der Waals surface area (Å²) in [7, 11) is 0. The van der Waals surface area contributed by atoms with Crippen LogP contribution in [0.1, 0.15) is 35.7 Å². The quantitative estimate of drug-likeness (QED) is 0.819. The number of carbonyl (C=O) groups excluding carboxylic acids is 1. The maximum atomic E-state index is 12.4. The molecule has 2 N–H and O–H groups in total. The van der Waals surface area contributed by atoms with Gasteiger partial charge in [0.05, 0.1) is 5.56 Å². The normalized spacial score (nSPS) is 16.1. The van der Waals surface area contributed by atoms with Gasteiger partial charge in [0.25, 0.3) is 5.91 Å². The summed E-state index contributed by atoms with van der Waals surface area (Å²) in [5.74, 6) is 5.30. The highest BCUT2D eigenvalue weighted by atomic mass is 16.2. The largest absolute Gasteiger partial charge is 0.384 e. The van der Waals surface area contributed by atoms with Crippen LogP contribution in [0, 0.1) is 11.8 Å². The van der Waals surface area contributed by atoms with Crippen LogP contribution in [0.15, 0.2) is 24.3 Å². The first-order valence-corrected chi connectivity index (χ1v) is 7.42. The van der Waals surface area contributed by atoms with Crippen LogP contribution in [0.4, 0.5) is 0 Å². The SMILES string of the molecule is CC(CN1CCCC1)NC(=O)c1ccccc1C#CCO. The number of nitrogens with one attached hydrogen (secondary N) is 1. The third-order valence-electron chi connectivity index (χ3n) is 3.58. The Kier molecular flexibility index (Phi) is 5.79. The van der Waals surface area contributed by atoms with E-state index in [1.54, 1.807) is 12.1 Å². The summed E-state index contributed by atoms with van der Waals surface area (Å²) in [4.78, 5) is 14.7. The summed E-state index contributed by atoms with van der Waals surface area (Å²) in [6, 6.07) is 7.33. The highest BCUT2D eigenvalue weighted by molar-refractivity contribution is 5.96. The molecule has 1 saturated heterocycles. The number of hydrogen-bond acceptors (Lipinski definition) is 3. The number of carbonyl (C=O) groups is 1. The second-order valence-electron chi connectivity index (χ2n) is 5.39. The van der Waals surface area contributed by atoms with E-state index in [1.165, 1.54) is 12.8 Å². The zero-order valence-corrected chi connectivity index (χ0v) is 12.4. The Morgan fingerprint density at radius 1 is 1.38 bits per heavy atom. The Bertz CT molecular complexity index is 539. The van der Waals surface area contributed by atoms with Crippen LogP contribution >= 0.6 is 0 Å². The number of aliphatic hydroxyl groups excluding tert-OH is 1. The number of nitrogens with zero attached hydrogens (tertiary/aromatic N) is 1. The van der Waals surface area contributed by atoms with Gasteiger partial charge in [-0.15, -0.1) is 0 Å². The molecule has 1 aromatic carbocycles. The number of likely N-dealkylation sites (tertiary alicyclic amines) is 1. The lowest BCUT2D eigenvalue weighted by Crippen LogP contribution is -2.41. The number of benzene rings is 1. The van der Waals surface area contributed by atoms with Gasteiger partial charge in [-0.2, -0.15) is 0 Å². The predicted molar refractivity (Wildman–Crippen MR) is 83.0 cm³/mol. The molecule has 1 amide bonds. The zero-order valence-electron chi connectivity index (χ0n) is 12.4. The minimum Gasteiger partial charge on any atom is -0.384 e. The number of amides is 1. The van der Waals surface area contributed by atoms with Crippen LogP contribution in [0.3, 0.4) is 0 Å². The van der Waals surface area contributed by atoms with Gasteiger partial charge in [-0.25, -0.2) is 0 Å². The van der Waals surface area contributed by atoms with Crippen molar-refractivity contribution in [1.29, 1.82) is 0 Å². The third kappa shape index (κ3) is 4.59. The molecule has 4 heteroatoms. The molecule has 0 aliphatic carbocycles. The van der Waals surface area contributed by atoms with Gasteiger partial charge in [-0.05, 0) is 45.0 Å². The van der Waals surface area contributed by atoms with E-state index >= 15 is 0 Å². The van der Waals surface area contributed by atoms with Gasteiger partial charge in [0.15, 0.2) is 0 Å². The first-order chi connectivity index (χ1) is 10.2. The molecular formula is C17H22N2O2. The van der Waals surface area contributed by atoms with E-state index in [0.29, 0.717) is 11.1 Å². The monoisotopic (exact) mass is 286 g/mol. The van der Waals surface area contributed by atoms with Gasteiger partial charge < -0.3 is 15.3 Å². The molecule has 1 fully saturated rings. The Labute approximate surface area is 126 Å². The van der Waals surface area contributed by atoms with Crippen molar-refractivity contribution in [1.82, 2.24) is 10.2 Å². The first-order valence-electron chi connectivity index (χ1n) is 7.42. The van der Waals surface area contributed by atoms with E-state index in [4.69, 9.17) is 5.11 Å². The molecule has 1 unspecified atom stereocenters. The third-order valence-corrected chi connectivity index (χ3v) is 3.58. The summed E-state index contributed by atoms with van der Waals surface area (Å²) < 4.78 is 0. The molecule has 0 saturated carbocycles. The van der Waals surface area contributed by atoms with Crippen LogP contribution < -0.4 is 5.32 Å². The van der Waals surface area contributed by atoms with E-state index in [2.05, 4.69) is 22.1 Å². The molecule has 0 bridgehead atoms. The highest BCUT2D eigenvalue weighted by Gasteiger charge is 2.17. The van der Waals surface area contributed by atoms with Crippen molar-refractivity contribution in [2.75, 3.05) is 26.2 Å². The van der Waals surface area contributed by atoms with E-state index in [0.717, 1.165) is 19.6 Å². The highest BCUT2D eigenvalue weighted by Crippen LogP contribution is 2.10. The van der Waals surface area contributed by atoms with Crippen LogP contribution in [0.2, 0.25) is 0 Å². The summed E-state index contributed by atoms with van der Waals surface area (Å²) >= 11 is 0. The minimum atomic E-state index is -0.207. The maximum Gasteiger partial charge on any atom is 0.252 e. The summed E-state index contributed by atoms with van der Waals surface area (Å²) in [6.45, 7) is 4.95. The molecule has 112 valence electrons. The van der Waals surface area contributed by atoms with Gasteiger partial charge in [0.1, 0.15) is 6.61 Å². The van der Waals surface area contributed by atoms with Crippen LogP contribution in [-0.4, -0.2) is 48.2 Å². The second kappa shape index (κ2) is 7.82. The second-order valence-corrected chi connectivity index (χ2v) is 5.39. The lowest BCUT2D eigenvalue weighted by atomic mass is 10.1. The van der Waals surface area contributed by atoms with Crippen molar-refractivity contribution in [3.63, 3.8) is 0 Å². The Hall–Kier alpha value is -1.83. The van der Waals surface area contributed by atoms with Gasteiger partial charge in [0, 0.05) is 18.2 Å². The standard InChI is InChI=1S/C17H22N2O2/c1-14(13-19-10-4-5-11-19)18-17(21)16-9-3-2-7-15(16)8-6-12-20/h2-3,7,9,14,20H,4-5,10-13H2,1H3,(H,18,21). The number of hydrogen-bond donors (Lipinski definition) is 2.